The van der Waals surface area contributed by atoms with Gasteiger partial charge in [0.25, 0.3) is 5.91 Å². The molecule has 2 aromatic heterocycles. The molecule has 4 aromatic rings. The summed E-state index contributed by atoms with van der Waals surface area (Å²) < 4.78 is 21.2. The summed E-state index contributed by atoms with van der Waals surface area (Å²) in [4.78, 5) is 17.3. The van der Waals surface area contributed by atoms with Gasteiger partial charge in [-0.25, -0.2) is 9.37 Å². The highest BCUT2D eigenvalue weighted by atomic mass is 19.1. The molecule has 3 N–H and O–H groups in total. The molecule has 0 radical (unpaired) electrons. The van der Waals surface area contributed by atoms with E-state index in [9.17, 15) is 9.18 Å². The molecule has 2 unspecified atom stereocenters. The Morgan fingerprint density at radius 2 is 1.83 bits per heavy atom. The van der Waals surface area contributed by atoms with Crippen molar-refractivity contribution in [3.63, 3.8) is 0 Å². The molecular formula is C27H24FN5O2. The number of hydrogen-bond acceptors (Lipinski definition) is 5. The number of nitrogens with two attached hydrogens (primary N) is 1. The summed E-state index contributed by atoms with van der Waals surface area (Å²) in [6.07, 6.45) is 2.22. The van der Waals surface area contributed by atoms with E-state index in [0.29, 0.717) is 24.5 Å². The summed E-state index contributed by atoms with van der Waals surface area (Å²) in [6, 6.07) is 13.8. The Balaban J connectivity index is 1.22. The van der Waals surface area contributed by atoms with Crippen molar-refractivity contribution in [2.24, 2.45) is 0 Å². The average molecular weight is 470 g/mol. The fourth-order valence-electron chi connectivity index (χ4n) is 5.17. The molecule has 0 saturated carbocycles. The van der Waals surface area contributed by atoms with Crippen molar-refractivity contribution in [1.29, 1.82) is 0 Å². The van der Waals surface area contributed by atoms with Gasteiger partial charge in [-0.15, -0.1) is 0 Å². The SMILES string of the molecule is Cc1cc(N)nc(C)c1CNC(=O)c1ccc2c(c1)C1OC2c2ccc(Cn3cc(F)cn3)cc21. The number of rotatable bonds is 5. The van der Waals surface area contributed by atoms with E-state index in [2.05, 4.69) is 27.5 Å². The maximum Gasteiger partial charge on any atom is 0.251 e. The van der Waals surface area contributed by atoms with E-state index in [1.165, 1.54) is 12.4 Å². The number of carbonyl (C=O) groups excluding carboxylic acids is 1. The predicted octanol–water partition coefficient (Wildman–Crippen LogP) is 4.12. The molecular weight excluding hydrogens is 445 g/mol. The van der Waals surface area contributed by atoms with Crippen LogP contribution in [0.15, 0.2) is 54.9 Å². The number of nitrogens with zero attached hydrogens (tertiary/aromatic N) is 3. The van der Waals surface area contributed by atoms with Gasteiger partial charge in [-0.2, -0.15) is 5.10 Å². The number of benzene rings is 2. The summed E-state index contributed by atoms with van der Waals surface area (Å²) in [5.74, 6) is -0.0314. The summed E-state index contributed by atoms with van der Waals surface area (Å²) in [7, 11) is 0. The Morgan fingerprint density at radius 1 is 1.09 bits per heavy atom. The summed E-state index contributed by atoms with van der Waals surface area (Å²) in [5, 5.41) is 7.04. The first kappa shape index (κ1) is 21.5. The number of pyridine rings is 1. The second kappa shape index (κ2) is 8.02. The molecule has 2 atom stereocenters. The monoisotopic (exact) mass is 469 g/mol. The van der Waals surface area contributed by atoms with Crippen LogP contribution in [0.3, 0.4) is 0 Å². The zero-order valence-corrected chi connectivity index (χ0v) is 19.4. The molecule has 0 spiro atoms. The number of amides is 1. The maximum absolute atomic E-state index is 13.3. The van der Waals surface area contributed by atoms with Gasteiger partial charge in [0, 0.05) is 17.8 Å². The third kappa shape index (κ3) is 3.66. The molecule has 4 heterocycles. The van der Waals surface area contributed by atoms with Crippen LogP contribution in [0.5, 0.6) is 0 Å². The molecule has 1 amide bonds. The smallest absolute Gasteiger partial charge is 0.251 e. The number of fused-ring (bicyclic) bond motifs is 8. The van der Waals surface area contributed by atoms with E-state index in [1.54, 1.807) is 4.68 Å². The van der Waals surface area contributed by atoms with Gasteiger partial charge in [0.15, 0.2) is 5.82 Å². The van der Waals surface area contributed by atoms with Crippen LogP contribution in [0, 0.1) is 19.7 Å². The van der Waals surface area contributed by atoms with Crippen LogP contribution in [0.4, 0.5) is 10.2 Å². The summed E-state index contributed by atoms with van der Waals surface area (Å²) in [5.41, 5.74) is 14.5. The molecule has 2 bridgehead atoms. The van der Waals surface area contributed by atoms with Crippen LogP contribution in [0.1, 0.15) is 67.2 Å². The fraction of sp³-hybridized carbons (Fsp3) is 0.222. The van der Waals surface area contributed by atoms with Crippen LogP contribution in [-0.2, 0) is 17.8 Å². The lowest BCUT2D eigenvalue weighted by Gasteiger charge is -2.18. The highest BCUT2D eigenvalue weighted by molar-refractivity contribution is 5.94. The van der Waals surface area contributed by atoms with E-state index >= 15 is 0 Å². The molecule has 2 aliphatic heterocycles. The number of hydrogen-bond donors (Lipinski definition) is 2. The number of carbonyl (C=O) groups is 1. The third-order valence-corrected chi connectivity index (χ3v) is 6.85. The highest BCUT2D eigenvalue weighted by Crippen LogP contribution is 2.54. The average Bonchev–Trinajstić information content (AvgIpc) is 3.51. The van der Waals surface area contributed by atoms with Crippen molar-refractivity contribution < 1.29 is 13.9 Å². The fourth-order valence-corrected chi connectivity index (χ4v) is 5.17. The number of anilines is 1. The van der Waals surface area contributed by atoms with Crippen molar-refractivity contribution in [1.82, 2.24) is 20.1 Å². The van der Waals surface area contributed by atoms with Gasteiger partial charge in [-0.3, -0.25) is 9.48 Å². The first-order valence-electron chi connectivity index (χ1n) is 11.5. The van der Waals surface area contributed by atoms with Crippen LogP contribution in [-0.4, -0.2) is 20.7 Å². The lowest BCUT2D eigenvalue weighted by molar-refractivity contribution is 0.0857. The molecule has 176 valence electrons. The Kier molecular flexibility index (Phi) is 4.93. The van der Waals surface area contributed by atoms with Crippen LogP contribution in [0.2, 0.25) is 0 Å². The van der Waals surface area contributed by atoms with Crippen molar-refractivity contribution in [3.05, 3.63) is 111 Å². The molecule has 2 aliphatic rings. The molecule has 35 heavy (non-hydrogen) atoms. The first-order valence-corrected chi connectivity index (χ1v) is 11.5. The van der Waals surface area contributed by atoms with E-state index in [4.69, 9.17) is 10.5 Å². The van der Waals surface area contributed by atoms with E-state index in [-0.39, 0.29) is 23.9 Å². The minimum absolute atomic E-state index is 0.135. The number of aromatic nitrogens is 3. The minimum Gasteiger partial charge on any atom is -0.384 e. The van der Waals surface area contributed by atoms with Crippen LogP contribution < -0.4 is 11.1 Å². The second-order valence-corrected chi connectivity index (χ2v) is 9.17. The van der Waals surface area contributed by atoms with Gasteiger partial charge in [-0.05, 0) is 71.0 Å². The van der Waals surface area contributed by atoms with Gasteiger partial charge in [0.05, 0.1) is 18.9 Å². The zero-order chi connectivity index (χ0) is 24.3. The predicted molar refractivity (Wildman–Crippen MR) is 128 cm³/mol. The number of halogens is 1. The summed E-state index contributed by atoms with van der Waals surface area (Å²) in [6.45, 7) is 4.71. The standard InChI is InChI=1S/C27H24FN5O2/c1-14-7-24(29)32-15(2)23(14)11-30-27(34)17-4-6-20-22(9-17)26-21-8-16(3-5-19(21)25(20)35-26)12-33-13-18(28)10-31-33/h3-10,13,25-26H,11-12H2,1-2H3,(H2,29,32)(H,30,34). The van der Waals surface area contributed by atoms with Crippen molar-refractivity contribution in [2.45, 2.75) is 39.1 Å². The van der Waals surface area contributed by atoms with Gasteiger partial charge in [0.2, 0.25) is 0 Å². The molecule has 0 fully saturated rings. The number of ether oxygens (including phenoxy) is 1. The largest absolute Gasteiger partial charge is 0.384 e. The Hall–Kier alpha value is -4.04. The molecule has 0 aliphatic carbocycles. The van der Waals surface area contributed by atoms with Crippen molar-refractivity contribution in [2.75, 3.05) is 5.73 Å². The lowest BCUT2D eigenvalue weighted by atomic mass is 9.84. The maximum atomic E-state index is 13.3. The normalized spacial score (nSPS) is 17.3. The molecule has 6 rings (SSSR count). The topological polar surface area (TPSA) is 95.1 Å². The van der Waals surface area contributed by atoms with E-state index in [0.717, 1.165) is 44.6 Å². The third-order valence-electron chi connectivity index (χ3n) is 6.85. The highest BCUT2D eigenvalue weighted by Gasteiger charge is 2.43. The molecule has 7 nitrogen and oxygen atoms in total. The number of aryl methyl sites for hydroxylation is 2. The first-order chi connectivity index (χ1) is 16.9. The Morgan fingerprint density at radius 3 is 2.57 bits per heavy atom. The van der Waals surface area contributed by atoms with E-state index < -0.39 is 0 Å². The van der Waals surface area contributed by atoms with Gasteiger partial charge >= 0.3 is 0 Å². The number of nitrogen functional groups attached to an aromatic ring is 1. The van der Waals surface area contributed by atoms with E-state index in [1.807, 2.05) is 44.2 Å². The summed E-state index contributed by atoms with van der Waals surface area (Å²) >= 11 is 0. The van der Waals surface area contributed by atoms with Gasteiger partial charge in [0.1, 0.15) is 18.0 Å². The molecule has 8 heteroatoms. The van der Waals surface area contributed by atoms with Gasteiger partial charge < -0.3 is 15.8 Å². The molecule has 0 saturated heterocycles. The van der Waals surface area contributed by atoms with Crippen molar-refractivity contribution in [3.8, 4) is 0 Å². The van der Waals surface area contributed by atoms with Crippen molar-refractivity contribution >= 4 is 11.7 Å². The van der Waals surface area contributed by atoms with Crippen LogP contribution in [0.25, 0.3) is 0 Å². The minimum atomic E-state index is -0.355. The van der Waals surface area contributed by atoms with Crippen LogP contribution >= 0.6 is 0 Å². The second-order valence-electron chi connectivity index (χ2n) is 9.17. The lowest BCUT2D eigenvalue weighted by Crippen LogP contribution is -2.24. The molecule has 2 aromatic carbocycles. The Bertz CT molecular complexity index is 1470. The Labute approximate surface area is 201 Å². The van der Waals surface area contributed by atoms with Gasteiger partial charge in [-0.1, -0.05) is 24.3 Å². The zero-order valence-electron chi connectivity index (χ0n) is 19.4. The number of nitrogens with one attached hydrogen (secondary N) is 1. The quantitative estimate of drug-likeness (QED) is 0.459.